The number of carbonyl (C=O) groups is 2. The van der Waals surface area contributed by atoms with Crippen molar-refractivity contribution in [3.05, 3.63) is 58.7 Å². The predicted octanol–water partition coefficient (Wildman–Crippen LogP) is 2.35. The third kappa shape index (κ3) is 3.82. The summed E-state index contributed by atoms with van der Waals surface area (Å²) < 4.78 is 5.23. The van der Waals surface area contributed by atoms with E-state index < -0.39 is 0 Å². The van der Waals surface area contributed by atoms with E-state index in [-0.39, 0.29) is 23.5 Å². The molecule has 0 spiro atoms. The van der Waals surface area contributed by atoms with Gasteiger partial charge in [0.2, 0.25) is 0 Å². The molecule has 2 amide bonds. The van der Waals surface area contributed by atoms with Gasteiger partial charge in [0.25, 0.3) is 11.8 Å². The molecule has 1 N–H and O–H groups in total. The van der Waals surface area contributed by atoms with E-state index in [1.54, 1.807) is 23.2 Å². The topological polar surface area (TPSA) is 91.6 Å². The van der Waals surface area contributed by atoms with E-state index in [1.807, 2.05) is 23.6 Å². The van der Waals surface area contributed by atoms with E-state index in [4.69, 9.17) is 4.42 Å². The molecule has 27 heavy (non-hydrogen) atoms. The zero-order valence-corrected chi connectivity index (χ0v) is 15.2. The van der Waals surface area contributed by atoms with Gasteiger partial charge in [-0.2, -0.15) is 4.98 Å². The summed E-state index contributed by atoms with van der Waals surface area (Å²) in [7, 11) is 0. The van der Waals surface area contributed by atoms with Crippen molar-refractivity contribution in [2.75, 3.05) is 36.4 Å². The second-order valence-electron chi connectivity index (χ2n) is 5.94. The van der Waals surface area contributed by atoms with Gasteiger partial charge in [-0.05, 0) is 23.6 Å². The Kier molecular flexibility index (Phi) is 4.84. The molecule has 8 nitrogen and oxygen atoms in total. The van der Waals surface area contributed by atoms with E-state index in [2.05, 4.69) is 20.2 Å². The number of hydrogen-bond acceptors (Lipinski definition) is 7. The molecule has 3 aromatic heterocycles. The van der Waals surface area contributed by atoms with E-state index in [1.165, 1.54) is 17.6 Å². The summed E-state index contributed by atoms with van der Waals surface area (Å²) in [6, 6.07) is 9.29. The first-order valence-corrected chi connectivity index (χ1v) is 9.34. The highest BCUT2D eigenvalue weighted by Gasteiger charge is 2.25. The van der Waals surface area contributed by atoms with Gasteiger partial charge in [0.1, 0.15) is 12.1 Å². The molecule has 0 saturated carbocycles. The number of hydrogen-bond donors (Lipinski definition) is 1. The van der Waals surface area contributed by atoms with Gasteiger partial charge in [0.05, 0.1) is 4.88 Å². The SMILES string of the molecule is O=C(Nc1nc(C(=O)N2CCN(c3ccccn3)CC2)co1)c1cccs1. The van der Waals surface area contributed by atoms with Gasteiger partial charge in [-0.3, -0.25) is 14.9 Å². The monoisotopic (exact) mass is 383 g/mol. The number of thiophene rings is 1. The summed E-state index contributed by atoms with van der Waals surface area (Å²) >= 11 is 1.32. The summed E-state index contributed by atoms with van der Waals surface area (Å²) in [5.41, 5.74) is 0.183. The standard InChI is InChI=1S/C18H17N5O3S/c24-16(14-4-3-11-27-14)21-18-20-13(12-26-18)17(25)23-9-7-22(8-10-23)15-5-1-2-6-19-15/h1-6,11-12H,7-10H2,(H,20,21,24). The van der Waals surface area contributed by atoms with Crippen LogP contribution in [0.2, 0.25) is 0 Å². The van der Waals surface area contributed by atoms with Crippen molar-refractivity contribution in [3.8, 4) is 0 Å². The van der Waals surface area contributed by atoms with Crippen molar-refractivity contribution >= 4 is 35.0 Å². The van der Waals surface area contributed by atoms with E-state index in [0.717, 1.165) is 5.82 Å². The largest absolute Gasteiger partial charge is 0.431 e. The Morgan fingerprint density at radius 2 is 1.96 bits per heavy atom. The number of piperazine rings is 1. The number of rotatable bonds is 4. The number of anilines is 2. The minimum atomic E-state index is -0.310. The lowest BCUT2D eigenvalue weighted by Crippen LogP contribution is -2.49. The van der Waals surface area contributed by atoms with Gasteiger partial charge in [-0.25, -0.2) is 4.98 Å². The highest BCUT2D eigenvalue weighted by molar-refractivity contribution is 7.12. The van der Waals surface area contributed by atoms with Crippen LogP contribution in [0.15, 0.2) is 52.6 Å². The molecule has 4 rings (SSSR count). The molecule has 1 aliphatic rings. The van der Waals surface area contributed by atoms with Crippen molar-refractivity contribution in [1.82, 2.24) is 14.9 Å². The number of oxazole rings is 1. The van der Waals surface area contributed by atoms with Crippen LogP contribution < -0.4 is 10.2 Å². The Morgan fingerprint density at radius 3 is 2.67 bits per heavy atom. The van der Waals surface area contributed by atoms with Gasteiger partial charge in [-0.1, -0.05) is 12.1 Å². The number of aromatic nitrogens is 2. The molecule has 0 bridgehead atoms. The van der Waals surface area contributed by atoms with Crippen molar-refractivity contribution in [1.29, 1.82) is 0 Å². The Morgan fingerprint density at radius 1 is 1.11 bits per heavy atom. The maximum atomic E-state index is 12.6. The molecule has 0 radical (unpaired) electrons. The van der Waals surface area contributed by atoms with Crippen LogP contribution in [0.5, 0.6) is 0 Å². The third-order valence-corrected chi connectivity index (χ3v) is 5.10. The summed E-state index contributed by atoms with van der Waals surface area (Å²) in [5, 5.41) is 4.37. The molecule has 1 saturated heterocycles. The molecule has 4 heterocycles. The molecule has 138 valence electrons. The Hall–Kier alpha value is -3.20. The lowest BCUT2D eigenvalue weighted by atomic mass is 10.3. The summed E-state index contributed by atoms with van der Waals surface area (Å²) in [4.78, 5) is 37.5. The minimum Gasteiger partial charge on any atom is -0.431 e. The number of nitrogens with one attached hydrogen (secondary N) is 1. The van der Waals surface area contributed by atoms with E-state index >= 15 is 0 Å². The molecule has 1 fully saturated rings. The maximum absolute atomic E-state index is 12.6. The highest BCUT2D eigenvalue weighted by Crippen LogP contribution is 2.17. The number of pyridine rings is 1. The fourth-order valence-electron chi connectivity index (χ4n) is 2.84. The Balaban J connectivity index is 1.35. The summed E-state index contributed by atoms with van der Waals surface area (Å²) in [5.74, 6) is 0.385. The fraction of sp³-hybridized carbons (Fsp3) is 0.222. The van der Waals surface area contributed by atoms with Crippen LogP contribution in [-0.4, -0.2) is 52.9 Å². The lowest BCUT2D eigenvalue weighted by molar-refractivity contribution is 0.0740. The van der Waals surface area contributed by atoms with Crippen LogP contribution in [-0.2, 0) is 0 Å². The lowest BCUT2D eigenvalue weighted by Gasteiger charge is -2.35. The molecule has 3 aromatic rings. The second kappa shape index (κ2) is 7.58. The van der Waals surface area contributed by atoms with Gasteiger partial charge >= 0.3 is 6.01 Å². The zero-order valence-electron chi connectivity index (χ0n) is 14.4. The summed E-state index contributed by atoms with van der Waals surface area (Å²) in [6.45, 7) is 2.53. The van der Waals surface area contributed by atoms with Crippen LogP contribution >= 0.6 is 11.3 Å². The molecule has 9 heteroatoms. The van der Waals surface area contributed by atoms with Gasteiger partial charge in [0, 0.05) is 32.4 Å². The van der Waals surface area contributed by atoms with Crippen molar-refractivity contribution in [3.63, 3.8) is 0 Å². The third-order valence-electron chi connectivity index (χ3n) is 4.23. The van der Waals surface area contributed by atoms with Crippen LogP contribution in [0.3, 0.4) is 0 Å². The molecule has 0 unspecified atom stereocenters. The normalized spacial score (nSPS) is 14.2. The zero-order chi connectivity index (χ0) is 18.6. The fourth-order valence-corrected chi connectivity index (χ4v) is 3.46. The van der Waals surface area contributed by atoms with Crippen molar-refractivity contribution < 1.29 is 14.0 Å². The van der Waals surface area contributed by atoms with Crippen LogP contribution in [0.25, 0.3) is 0 Å². The minimum absolute atomic E-state index is 0.0175. The molecular weight excluding hydrogens is 366 g/mol. The Labute approximate surface area is 159 Å². The van der Waals surface area contributed by atoms with E-state index in [9.17, 15) is 9.59 Å². The predicted molar refractivity (Wildman–Crippen MR) is 101 cm³/mol. The van der Waals surface area contributed by atoms with Gasteiger partial charge in [-0.15, -0.1) is 11.3 Å². The van der Waals surface area contributed by atoms with Crippen LogP contribution in [0.1, 0.15) is 20.2 Å². The number of nitrogens with zero attached hydrogens (tertiary/aromatic N) is 4. The second-order valence-corrected chi connectivity index (χ2v) is 6.88. The molecular formula is C18H17N5O3S. The molecule has 1 aliphatic heterocycles. The first kappa shape index (κ1) is 17.2. The summed E-state index contributed by atoms with van der Waals surface area (Å²) in [6.07, 6.45) is 3.03. The molecule has 0 atom stereocenters. The quantitative estimate of drug-likeness (QED) is 0.744. The average Bonchev–Trinajstić information content (AvgIpc) is 3.40. The number of amides is 2. The van der Waals surface area contributed by atoms with Crippen LogP contribution in [0, 0.1) is 0 Å². The number of carbonyl (C=O) groups excluding carboxylic acids is 2. The first-order chi connectivity index (χ1) is 13.2. The smallest absolute Gasteiger partial charge is 0.302 e. The molecule has 0 aliphatic carbocycles. The Bertz CT molecular complexity index is 918. The highest BCUT2D eigenvalue weighted by atomic mass is 32.1. The average molecular weight is 383 g/mol. The van der Waals surface area contributed by atoms with Gasteiger partial charge < -0.3 is 14.2 Å². The van der Waals surface area contributed by atoms with E-state index in [0.29, 0.717) is 31.1 Å². The molecule has 0 aromatic carbocycles. The maximum Gasteiger partial charge on any atom is 0.302 e. The van der Waals surface area contributed by atoms with Crippen LogP contribution in [0.4, 0.5) is 11.8 Å². The first-order valence-electron chi connectivity index (χ1n) is 8.46. The van der Waals surface area contributed by atoms with Crippen molar-refractivity contribution in [2.45, 2.75) is 0 Å². The van der Waals surface area contributed by atoms with Gasteiger partial charge in [0.15, 0.2) is 5.69 Å². The van der Waals surface area contributed by atoms with Crippen molar-refractivity contribution in [2.24, 2.45) is 0 Å².